The molecule has 0 heterocycles. The molecule has 0 radical (unpaired) electrons. The SMILES string of the molecule is CN(CC(=O)Nc1ccccc1SCC(N)=O)C1CCCC1. The second kappa shape index (κ2) is 8.19. The number of thioether (sulfide) groups is 1. The lowest BCUT2D eigenvalue weighted by Crippen LogP contribution is -2.36. The molecule has 1 aromatic carbocycles. The van der Waals surface area contributed by atoms with Gasteiger partial charge < -0.3 is 11.1 Å². The summed E-state index contributed by atoms with van der Waals surface area (Å²) in [5.41, 5.74) is 5.91. The molecule has 1 aromatic rings. The number of rotatable bonds is 7. The van der Waals surface area contributed by atoms with Crippen LogP contribution in [-0.2, 0) is 9.59 Å². The molecule has 120 valence electrons. The first-order valence-electron chi connectivity index (χ1n) is 7.56. The quantitative estimate of drug-likeness (QED) is 0.754. The van der Waals surface area contributed by atoms with Crippen LogP contribution in [0.25, 0.3) is 0 Å². The third kappa shape index (κ3) is 5.03. The number of hydrogen-bond donors (Lipinski definition) is 2. The van der Waals surface area contributed by atoms with Gasteiger partial charge in [-0.3, -0.25) is 14.5 Å². The van der Waals surface area contributed by atoms with Crippen LogP contribution in [0, 0.1) is 0 Å². The number of carbonyl (C=O) groups excluding carboxylic acids is 2. The smallest absolute Gasteiger partial charge is 0.238 e. The second-order valence-corrected chi connectivity index (χ2v) is 6.67. The Morgan fingerprint density at radius 2 is 2.00 bits per heavy atom. The molecule has 0 bridgehead atoms. The Morgan fingerprint density at radius 1 is 1.32 bits per heavy atom. The monoisotopic (exact) mass is 321 g/mol. The summed E-state index contributed by atoms with van der Waals surface area (Å²) in [6.07, 6.45) is 4.86. The van der Waals surface area contributed by atoms with Gasteiger partial charge in [-0.15, -0.1) is 11.8 Å². The minimum Gasteiger partial charge on any atom is -0.369 e. The summed E-state index contributed by atoms with van der Waals surface area (Å²) in [5.74, 6) is -0.192. The van der Waals surface area contributed by atoms with Gasteiger partial charge in [0.2, 0.25) is 11.8 Å². The van der Waals surface area contributed by atoms with Crippen LogP contribution in [-0.4, -0.2) is 42.1 Å². The third-order valence-corrected chi connectivity index (χ3v) is 4.97. The van der Waals surface area contributed by atoms with E-state index in [1.165, 1.54) is 37.4 Å². The normalized spacial score (nSPS) is 15.2. The molecule has 1 aliphatic rings. The van der Waals surface area contributed by atoms with E-state index >= 15 is 0 Å². The van der Waals surface area contributed by atoms with Gasteiger partial charge in [0, 0.05) is 10.9 Å². The van der Waals surface area contributed by atoms with Crippen LogP contribution in [0.3, 0.4) is 0 Å². The number of nitrogens with one attached hydrogen (secondary N) is 1. The fraction of sp³-hybridized carbons (Fsp3) is 0.500. The molecule has 5 nitrogen and oxygen atoms in total. The highest BCUT2D eigenvalue weighted by Crippen LogP contribution is 2.27. The topological polar surface area (TPSA) is 75.4 Å². The number of hydrogen-bond acceptors (Lipinski definition) is 4. The van der Waals surface area contributed by atoms with E-state index in [0.29, 0.717) is 12.6 Å². The van der Waals surface area contributed by atoms with Crippen LogP contribution >= 0.6 is 11.8 Å². The Labute approximate surface area is 135 Å². The van der Waals surface area contributed by atoms with Gasteiger partial charge in [0.1, 0.15) is 0 Å². The van der Waals surface area contributed by atoms with E-state index in [1.54, 1.807) is 0 Å². The maximum absolute atomic E-state index is 12.2. The van der Waals surface area contributed by atoms with E-state index in [1.807, 2.05) is 31.3 Å². The van der Waals surface area contributed by atoms with Gasteiger partial charge in [0.15, 0.2) is 0 Å². The largest absolute Gasteiger partial charge is 0.369 e. The van der Waals surface area contributed by atoms with Crippen molar-refractivity contribution in [2.24, 2.45) is 5.73 Å². The molecule has 0 saturated heterocycles. The van der Waals surface area contributed by atoms with Crippen LogP contribution in [0.15, 0.2) is 29.2 Å². The number of anilines is 1. The number of para-hydroxylation sites is 1. The zero-order valence-corrected chi connectivity index (χ0v) is 13.7. The summed E-state index contributed by atoms with van der Waals surface area (Å²) in [6.45, 7) is 0.388. The zero-order chi connectivity index (χ0) is 15.9. The van der Waals surface area contributed by atoms with Gasteiger partial charge in [-0.2, -0.15) is 0 Å². The van der Waals surface area contributed by atoms with E-state index in [0.717, 1.165) is 10.6 Å². The van der Waals surface area contributed by atoms with Crippen molar-refractivity contribution in [3.05, 3.63) is 24.3 Å². The van der Waals surface area contributed by atoms with E-state index in [2.05, 4.69) is 10.2 Å². The first kappa shape index (κ1) is 16.8. The Kier molecular flexibility index (Phi) is 6.27. The van der Waals surface area contributed by atoms with Crippen molar-refractivity contribution in [2.45, 2.75) is 36.6 Å². The van der Waals surface area contributed by atoms with E-state index in [4.69, 9.17) is 5.73 Å². The van der Waals surface area contributed by atoms with Gasteiger partial charge in [-0.05, 0) is 32.0 Å². The molecular formula is C16H23N3O2S. The Morgan fingerprint density at radius 3 is 2.68 bits per heavy atom. The van der Waals surface area contributed by atoms with Crippen LogP contribution in [0.1, 0.15) is 25.7 Å². The van der Waals surface area contributed by atoms with E-state index in [-0.39, 0.29) is 17.6 Å². The molecule has 1 saturated carbocycles. The number of amides is 2. The van der Waals surface area contributed by atoms with E-state index < -0.39 is 0 Å². The lowest BCUT2D eigenvalue weighted by atomic mass is 10.2. The van der Waals surface area contributed by atoms with E-state index in [9.17, 15) is 9.59 Å². The van der Waals surface area contributed by atoms with Crippen molar-refractivity contribution in [1.82, 2.24) is 4.90 Å². The first-order valence-corrected chi connectivity index (χ1v) is 8.55. The molecule has 1 aliphatic carbocycles. The maximum atomic E-state index is 12.2. The second-order valence-electron chi connectivity index (χ2n) is 5.65. The number of nitrogens with two attached hydrogens (primary N) is 1. The summed E-state index contributed by atoms with van der Waals surface area (Å²) < 4.78 is 0. The summed E-state index contributed by atoms with van der Waals surface area (Å²) in [6, 6.07) is 7.99. The molecule has 3 N–H and O–H groups in total. The van der Waals surface area contributed by atoms with Gasteiger partial charge in [0.25, 0.3) is 0 Å². The predicted molar refractivity (Wildman–Crippen MR) is 89.9 cm³/mol. The molecule has 0 atom stereocenters. The molecule has 1 fully saturated rings. The fourth-order valence-corrected chi connectivity index (χ4v) is 3.48. The molecule has 0 aromatic heterocycles. The van der Waals surface area contributed by atoms with Crippen LogP contribution in [0.4, 0.5) is 5.69 Å². The number of likely N-dealkylation sites (N-methyl/N-ethyl adjacent to an activating group) is 1. The highest BCUT2D eigenvalue weighted by Gasteiger charge is 2.21. The third-order valence-electron chi connectivity index (χ3n) is 3.87. The van der Waals surface area contributed by atoms with Gasteiger partial charge >= 0.3 is 0 Å². The van der Waals surface area contributed by atoms with Crippen molar-refractivity contribution < 1.29 is 9.59 Å². The average molecular weight is 321 g/mol. The maximum Gasteiger partial charge on any atom is 0.238 e. The number of primary amides is 1. The zero-order valence-electron chi connectivity index (χ0n) is 12.9. The number of carbonyl (C=O) groups is 2. The molecule has 0 aliphatic heterocycles. The van der Waals surface area contributed by atoms with Crippen LogP contribution in [0.2, 0.25) is 0 Å². The Balaban J connectivity index is 1.91. The molecule has 6 heteroatoms. The van der Waals surface area contributed by atoms with Crippen LogP contribution in [0.5, 0.6) is 0 Å². The Hall–Kier alpha value is -1.53. The van der Waals surface area contributed by atoms with Crippen molar-refractivity contribution in [1.29, 1.82) is 0 Å². The summed E-state index contributed by atoms with van der Waals surface area (Å²) in [5, 5.41) is 2.94. The van der Waals surface area contributed by atoms with Gasteiger partial charge in [-0.1, -0.05) is 25.0 Å². The Bertz CT molecular complexity index is 530. The molecule has 2 rings (SSSR count). The molecule has 0 unspecified atom stereocenters. The molecule has 22 heavy (non-hydrogen) atoms. The average Bonchev–Trinajstić information content (AvgIpc) is 3.00. The standard InChI is InChI=1S/C16H23N3O2S/c1-19(12-6-2-3-7-12)10-16(21)18-13-8-4-5-9-14(13)22-11-15(17)20/h4-5,8-9,12H,2-3,6-7,10-11H2,1H3,(H2,17,20)(H,18,21). The number of nitrogens with zero attached hydrogens (tertiary/aromatic N) is 1. The van der Waals surface area contributed by atoms with Crippen molar-refractivity contribution in [3.63, 3.8) is 0 Å². The fourth-order valence-electron chi connectivity index (χ4n) is 2.74. The van der Waals surface area contributed by atoms with Crippen molar-refractivity contribution in [2.75, 3.05) is 24.7 Å². The molecular weight excluding hydrogens is 298 g/mol. The van der Waals surface area contributed by atoms with Crippen LogP contribution < -0.4 is 11.1 Å². The highest BCUT2D eigenvalue weighted by atomic mass is 32.2. The van der Waals surface area contributed by atoms with Crippen molar-refractivity contribution >= 4 is 29.3 Å². The molecule has 2 amide bonds. The lowest BCUT2D eigenvalue weighted by molar-refractivity contribution is -0.117. The summed E-state index contributed by atoms with van der Waals surface area (Å²) in [4.78, 5) is 26.1. The lowest BCUT2D eigenvalue weighted by Gasteiger charge is -2.23. The highest BCUT2D eigenvalue weighted by molar-refractivity contribution is 8.00. The number of benzene rings is 1. The minimum atomic E-state index is -0.368. The summed E-state index contributed by atoms with van der Waals surface area (Å²) in [7, 11) is 2.00. The van der Waals surface area contributed by atoms with Gasteiger partial charge in [-0.25, -0.2) is 0 Å². The van der Waals surface area contributed by atoms with Crippen molar-refractivity contribution in [3.8, 4) is 0 Å². The molecule has 0 spiro atoms. The summed E-state index contributed by atoms with van der Waals surface area (Å²) >= 11 is 1.34. The first-order chi connectivity index (χ1) is 10.6. The minimum absolute atomic E-state index is 0.0264. The van der Waals surface area contributed by atoms with Gasteiger partial charge in [0.05, 0.1) is 18.0 Å². The predicted octanol–water partition coefficient (Wildman–Crippen LogP) is 2.08.